The van der Waals surface area contributed by atoms with E-state index in [-0.39, 0.29) is 18.2 Å². The van der Waals surface area contributed by atoms with Gasteiger partial charge in [0.15, 0.2) is 0 Å². The van der Waals surface area contributed by atoms with Crippen LogP contribution in [-0.2, 0) is 6.54 Å². The quantitative estimate of drug-likeness (QED) is 0.853. The molecule has 0 spiro atoms. The predicted molar refractivity (Wildman–Crippen MR) is 87.9 cm³/mol. The van der Waals surface area contributed by atoms with Gasteiger partial charge in [-0.2, -0.15) is 0 Å². The van der Waals surface area contributed by atoms with Crippen LogP contribution in [0.15, 0.2) is 22.7 Å². The minimum Gasteiger partial charge on any atom is -0.317 e. The first-order valence-corrected chi connectivity index (χ1v) is 7.86. The fourth-order valence-corrected chi connectivity index (χ4v) is 3.07. The molecule has 0 saturated carbocycles. The van der Waals surface area contributed by atoms with Crippen molar-refractivity contribution in [1.29, 1.82) is 0 Å². The number of nitrogens with one attached hydrogen (secondary N) is 1. The minimum absolute atomic E-state index is 0. The SMILES string of the molecule is CCNCC1CCN(Cc2c(F)cccc2Br)CC1.Cl. The Hall–Kier alpha value is -0.160. The van der Waals surface area contributed by atoms with Crippen LogP contribution in [0.25, 0.3) is 0 Å². The highest BCUT2D eigenvalue weighted by molar-refractivity contribution is 9.10. The molecule has 114 valence electrons. The topological polar surface area (TPSA) is 15.3 Å². The van der Waals surface area contributed by atoms with Crippen molar-refractivity contribution in [2.75, 3.05) is 26.2 Å². The zero-order valence-electron chi connectivity index (χ0n) is 11.9. The third kappa shape index (κ3) is 4.99. The number of nitrogens with zero attached hydrogens (tertiary/aromatic N) is 1. The van der Waals surface area contributed by atoms with Crippen molar-refractivity contribution in [3.05, 3.63) is 34.1 Å². The van der Waals surface area contributed by atoms with Crippen LogP contribution >= 0.6 is 28.3 Å². The Morgan fingerprint density at radius 3 is 2.65 bits per heavy atom. The van der Waals surface area contributed by atoms with E-state index in [2.05, 4.69) is 33.1 Å². The molecule has 0 atom stereocenters. The van der Waals surface area contributed by atoms with Gasteiger partial charge in [-0.3, -0.25) is 4.90 Å². The average molecular weight is 366 g/mol. The number of halogens is 3. The monoisotopic (exact) mass is 364 g/mol. The molecule has 1 aliphatic rings. The van der Waals surface area contributed by atoms with Crippen LogP contribution in [0.4, 0.5) is 4.39 Å². The molecule has 0 aliphatic carbocycles. The summed E-state index contributed by atoms with van der Waals surface area (Å²) in [5.41, 5.74) is 0.785. The number of piperidine rings is 1. The molecule has 2 nitrogen and oxygen atoms in total. The molecule has 1 aliphatic heterocycles. The predicted octanol–water partition coefficient (Wildman–Crippen LogP) is 3.83. The molecule has 20 heavy (non-hydrogen) atoms. The maximum absolute atomic E-state index is 13.8. The summed E-state index contributed by atoms with van der Waals surface area (Å²) >= 11 is 3.44. The summed E-state index contributed by atoms with van der Waals surface area (Å²) in [6.07, 6.45) is 2.41. The van der Waals surface area contributed by atoms with Gasteiger partial charge >= 0.3 is 0 Å². The van der Waals surface area contributed by atoms with Gasteiger partial charge in [0.25, 0.3) is 0 Å². The molecular formula is C15H23BrClFN2. The van der Waals surface area contributed by atoms with Gasteiger partial charge < -0.3 is 5.32 Å². The lowest BCUT2D eigenvalue weighted by Gasteiger charge is -2.32. The number of likely N-dealkylation sites (tertiary alicyclic amines) is 1. The average Bonchev–Trinajstić information content (AvgIpc) is 2.42. The summed E-state index contributed by atoms with van der Waals surface area (Å²) in [4.78, 5) is 2.35. The van der Waals surface area contributed by atoms with Crippen LogP contribution in [-0.4, -0.2) is 31.1 Å². The van der Waals surface area contributed by atoms with Crippen molar-refractivity contribution in [1.82, 2.24) is 10.2 Å². The van der Waals surface area contributed by atoms with Gasteiger partial charge in [-0.1, -0.05) is 28.9 Å². The van der Waals surface area contributed by atoms with E-state index in [4.69, 9.17) is 0 Å². The standard InChI is InChI=1S/C15H22BrFN2.ClH/c1-2-18-10-12-6-8-19(9-7-12)11-13-14(16)4-3-5-15(13)17;/h3-5,12,18H,2,6-11H2,1H3;1H. The smallest absolute Gasteiger partial charge is 0.128 e. The van der Waals surface area contributed by atoms with Gasteiger partial charge in [-0.25, -0.2) is 4.39 Å². The van der Waals surface area contributed by atoms with Crippen molar-refractivity contribution in [3.8, 4) is 0 Å². The number of hydrogen-bond donors (Lipinski definition) is 1. The largest absolute Gasteiger partial charge is 0.317 e. The summed E-state index contributed by atoms with van der Waals surface area (Å²) in [5.74, 6) is 0.671. The molecule has 1 aromatic rings. The van der Waals surface area contributed by atoms with Crippen molar-refractivity contribution in [3.63, 3.8) is 0 Å². The van der Waals surface area contributed by atoms with Gasteiger partial charge in [0.1, 0.15) is 5.82 Å². The second-order valence-corrected chi connectivity index (χ2v) is 6.08. The molecule has 1 fully saturated rings. The van der Waals surface area contributed by atoms with Crippen LogP contribution in [0.3, 0.4) is 0 Å². The Labute approximate surface area is 135 Å². The summed E-state index contributed by atoms with van der Waals surface area (Å²) in [5, 5.41) is 3.41. The molecule has 0 radical (unpaired) electrons. The van der Waals surface area contributed by atoms with E-state index in [0.29, 0.717) is 6.54 Å². The van der Waals surface area contributed by atoms with Gasteiger partial charge in [-0.05, 0) is 57.1 Å². The molecule has 0 bridgehead atoms. The highest BCUT2D eigenvalue weighted by Crippen LogP contribution is 2.24. The van der Waals surface area contributed by atoms with Crippen LogP contribution in [0.5, 0.6) is 0 Å². The Morgan fingerprint density at radius 2 is 2.05 bits per heavy atom. The second kappa shape index (κ2) is 8.98. The van der Waals surface area contributed by atoms with Crippen molar-refractivity contribution in [2.24, 2.45) is 5.92 Å². The lowest BCUT2D eigenvalue weighted by Crippen LogP contribution is -2.37. The van der Waals surface area contributed by atoms with Crippen LogP contribution in [0.1, 0.15) is 25.3 Å². The molecule has 1 saturated heterocycles. The van der Waals surface area contributed by atoms with Gasteiger partial charge in [-0.15, -0.1) is 12.4 Å². The Bertz CT molecular complexity index is 389. The second-order valence-electron chi connectivity index (χ2n) is 5.23. The maximum atomic E-state index is 13.8. The first-order valence-electron chi connectivity index (χ1n) is 7.06. The maximum Gasteiger partial charge on any atom is 0.128 e. The highest BCUT2D eigenvalue weighted by Gasteiger charge is 2.20. The minimum atomic E-state index is -0.107. The Balaban J connectivity index is 0.00000200. The van der Waals surface area contributed by atoms with Crippen molar-refractivity contribution in [2.45, 2.75) is 26.3 Å². The fraction of sp³-hybridized carbons (Fsp3) is 0.600. The van der Waals surface area contributed by atoms with Gasteiger partial charge in [0.2, 0.25) is 0 Å². The molecule has 0 aromatic heterocycles. The molecule has 0 unspecified atom stereocenters. The van der Waals surface area contributed by atoms with E-state index in [1.54, 1.807) is 6.07 Å². The van der Waals surface area contributed by atoms with Crippen LogP contribution < -0.4 is 5.32 Å². The van der Waals surface area contributed by atoms with Crippen LogP contribution in [0.2, 0.25) is 0 Å². The lowest BCUT2D eigenvalue weighted by molar-refractivity contribution is 0.174. The Kier molecular flexibility index (Phi) is 8.03. The van der Waals surface area contributed by atoms with E-state index in [1.165, 1.54) is 18.9 Å². The molecule has 5 heteroatoms. The Morgan fingerprint density at radius 1 is 1.35 bits per heavy atom. The summed E-state index contributed by atoms with van der Waals surface area (Å²) in [6.45, 7) is 7.15. The normalized spacial score (nSPS) is 16.9. The van der Waals surface area contributed by atoms with E-state index in [1.807, 2.05) is 6.07 Å². The van der Waals surface area contributed by atoms with E-state index < -0.39 is 0 Å². The van der Waals surface area contributed by atoms with E-state index >= 15 is 0 Å². The summed E-state index contributed by atoms with van der Waals surface area (Å²) < 4.78 is 14.7. The van der Waals surface area contributed by atoms with E-state index in [0.717, 1.165) is 42.1 Å². The molecule has 1 aromatic carbocycles. The summed E-state index contributed by atoms with van der Waals surface area (Å²) in [7, 11) is 0. The van der Waals surface area contributed by atoms with Gasteiger partial charge in [0.05, 0.1) is 0 Å². The zero-order chi connectivity index (χ0) is 13.7. The molecular weight excluding hydrogens is 343 g/mol. The number of rotatable bonds is 5. The first-order chi connectivity index (χ1) is 9.20. The van der Waals surface area contributed by atoms with Crippen LogP contribution in [0, 0.1) is 11.7 Å². The third-order valence-electron chi connectivity index (χ3n) is 3.83. The fourth-order valence-electron chi connectivity index (χ4n) is 2.60. The first kappa shape index (κ1) is 17.9. The van der Waals surface area contributed by atoms with Crippen molar-refractivity contribution < 1.29 is 4.39 Å². The highest BCUT2D eigenvalue weighted by atomic mass is 79.9. The number of hydrogen-bond acceptors (Lipinski definition) is 2. The molecule has 1 N–H and O–H groups in total. The third-order valence-corrected chi connectivity index (χ3v) is 4.58. The number of benzene rings is 1. The zero-order valence-corrected chi connectivity index (χ0v) is 14.3. The molecule has 2 rings (SSSR count). The molecule has 0 amide bonds. The van der Waals surface area contributed by atoms with Crippen molar-refractivity contribution >= 4 is 28.3 Å². The van der Waals surface area contributed by atoms with E-state index in [9.17, 15) is 4.39 Å². The lowest BCUT2D eigenvalue weighted by atomic mass is 9.96. The summed E-state index contributed by atoms with van der Waals surface area (Å²) in [6, 6.07) is 5.19. The van der Waals surface area contributed by atoms with Gasteiger partial charge in [0, 0.05) is 16.6 Å². The molecule has 1 heterocycles.